The van der Waals surface area contributed by atoms with E-state index in [1.54, 1.807) is 74.7 Å². The molecule has 0 spiro atoms. The summed E-state index contributed by atoms with van der Waals surface area (Å²) in [4.78, 5) is 28.4. The fraction of sp³-hybridized carbons (Fsp3) is 0.310. The lowest BCUT2D eigenvalue weighted by Gasteiger charge is -2.32. The second-order valence-electron chi connectivity index (χ2n) is 8.99. The lowest BCUT2D eigenvalue weighted by atomic mass is 10.1. The number of halogens is 1. The molecule has 0 fully saturated rings. The number of unbranched alkanes of at least 4 members (excludes halogenated alkanes) is 1. The summed E-state index contributed by atoms with van der Waals surface area (Å²) in [6, 6.07) is 21.3. The van der Waals surface area contributed by atoms with E-state index in [1.807, 2.05) is 13.0 Å². The highest BCUT2D eigenvalue weighted by atomic mass is 127. The first-order chi connectivity index (χ1) is 18.7. The summed E-state index contributed by atoms with van der Waals surface area (Å²) in [5.41, 5.74) is 1.11. The van der Waals surface area contributed by atoms with Crippen molar-refractivity contribution in [3.8, 4) is 5.75 Å². The molecule has 0 radical (unpaired) electrons. The van der Waals surface area contributed by atoms with Crippen molar-refractivity contribution in [3.63, 3.8) is 0 Å². The van der Waals surface area contributed by atoms with Gasteiger partial charge in [0.15, 0.2) is 0 Å². The normalized spacial score (nSPS) is 11.9. The average molecular weight is 664 g/mol. The zero-order valence-electron chi connectivity index (χ0n) is 22.3. The van der Waals surface area contributed by atoms with Gasteiger partial charge in [0.2, 0.25) is 11.8 Å². The van der Waals surface area contributed by atoms with E-state index < -0.39 is 28.5 Å². The van der Waals surface area contributed by atoms with E-state index in [-0.39, 0.29) is 17.3 Å². The molecule has 0 aromatic heterocycles. The smallest absolute Gasteiger partial charge is 0.264 e. The number of ether oxygens (including phenoxy) is 1. The Morgan fingerprint density at radius 2 is 1.69 bits per heavy atom. The monoisotopic (exact) mass is 663 g/mol. The minimum absolute atomic E-state index is 0.0704. The van der Waals surface area contributed by atoms with Crippen molar-refractivity contribution in [2.24, 2.45) is 0 Å². The van der Waals surface area contributed by atoms with Gasteiger partial charge >= 0.3 is 0 Å². The molecule has 2 amide bonds. The number of anilines is 1. The Labute approximate surface area is 244 Å². The van der Waals surface area contributed by atoms with Crippen LogP contribution in [-0.2, 0) is 26.2 Å². The number of benzene rings is 3. The zero-order valence-corrected chi connectivity index (χ0v) is 25.3. The summed E-state index contributed by atoms with van der Waals surface area (Å²) in [6.45, 7) is 3.80. The van der Waals surface area contributed by atoms with Crippen molar-refractivity contribution in [3.05, 3.63) is 88.0 Å². The summed E-state index contributed by atoms with van der Waals surface area (Å²) in [7, 11) is -2.53. The number of nitrogens with one attached hydrogen (secondary N) is 1. The van der Waals surface area contributed by atoms with E-state index in [2.05, 4.69) is 27.9 Å². The average Bonchev–Trinajstić information content (AvgIpc) is 2.95. The van der Waals surface area contributed by atoms with Gasteiger partial charge in [-0.2, -0.15) is 0 Å². The first kappa shape index (κ1) is 30.4. The van der Waals surface area contributed by atoms with Crippen molar-refractivity contribution >= 4 is 50.1 Å². The van der Waals surface area contributed by atoms with Crippen LogP contribution in [0, 0.1) is 3.57 Å². The van der Waals surface area contributed by atoms with E-state index in [9.17, 15) is 18.0 Å². The first-order valence-corrected chi connectivity index (χ1v) is 15.2. The molecule has 0 bridgehead atoms. The third-order valence-electron chi connectivity index (χ3n) is 6.21. The van der Waals surface area contributed by atoms with E-state index in [0.29, 0.717) is 18.0 Å². The maximum Gasteiger partial charge on any atom is 0.264 e. The minimum Gasteiger partial charge on any atom is -0.497 e. The first-order valence-electron chi connectivity index (χ1n) is 12.7. The molecule has 10 heteroatoms. The minimum atomic E-state index is -4.08. The second kappa shape index (κ2) is 14.3. The third kappa shape index (κ3) is 8.18. The Morgan fingerprint density at radius 3 is 2.33 bits per heavy atom. The molecular formula is C29H34IN3O5S. The molecule has 0 unspecified atom stereocenters. The highest BCUT2D eigenvalue weighted by Crippen LogP contribution is 2.25. The number of sulfonamides is 1. The summed E-state index contributed by atoms with van der Waals surface area (Å²) < 4.78 is 34.9. The summed E-state index contributed by atoms with van der Waals surface area (Å²) in [5, 5.41) is 2.88. The van der Waals surface area contributed by atoms with Gasteiger partial charge in [0, 0.05) is 16.7 Å². The third-order valence-corrected chi connectivity index (χ3v) is 8.72. The van der Waals surface area contributed by atoms with E-state index in [4.69, 9.17) is 4.74 Å². The molecule has 0 saturated carbocycles. The predicted molar refractivity (Wildman–Crippen MR) is 161 cm³/mol. The number of hydrogen-bond donors (Lipinski definition) is 1. The second-order valence-corrected chi connectivity index (χ2v) is 12.1. The fourth-order valence-electron chi connectivity index (χ4n) is 3.94. The molecular weight excluding hydrogens is 629 g/mol. The Hall–Kier alpha value is -3.12. The Morgan fingerprint density at radius 1 is 1.00 bits per heavy atom. The molecule has 3 aromatic carbocycles. The van der Waals surface area contributed by atoms with Crippen molar-refractivity contribution in [2.75, 3.05) is 24.5 Å². The SMILES string of the molecule is CCCCNC(=O)[C@H](C)N(Cc1cccc(OC)c1)C(=O)CN(c1ccc(I)cc1)S(=O)(=O)c1ccccc1. The molecule has 0 heterocycles. The number of amides is 2. The maximum atomic E-state index is 13.9. The van der Waals surface area contributed by atoms with Crippen LogP contribution < -0.4 is 14.4 Å². The molecule has 208 valence electrons. The van der Waals surface area contributed by atoms with E-state index in [1.165, 1.54) is 17.0 Å². The summed E-state index contributed by atoms with van der Waals surface area (Å²) >= 11 is 2.14. The molecule has 1 N–H and O–H groups in total. The van der Waals surface area contributed by atoms with Gasteiger partial charge in [-0.15, -0.1) is 0 Å². The van der Waals surface area contributed by atoms with Gasteiger partial charge in [-0.25, -0.2) is 8.42 Å². The molecule has 3 aromatic rings. The fourth-order valence-corrected chi connectivity index (χ4v) is 5.74. The molecule has 0 aliphatic heterocycles. The lowest BCUT2D eigenvalue weighted by molar-refractivity contribution is -0.139. The largest absolute Gasteiger partial charge is 0.497 e. The lowest BCUT2D eigenvalue weighted by Crippen LogP contribution is -2.51. The van der Waals surface area contributed by atoms with Crippen molar-refractivity contribution in [1.29, 1.82) is 0 Å². The van der Waals surface area contributed by atoms with Crippen LogP contribution in [0.3, 0.4) is 0 Å². The topological polar surface area (TPSA) is 96.0 Å². The van der Waals surface area contributed by atoms with Crippen LogP contribution >= 0.6 is 22.6 Å². The number of nitrogens with zero attached hydrogens (tertiary/aromatic N) is 2. The van der Waals surface area contributed by atoms with Crippen LogP contribution in [-0.4, -0.2) is 51.4 Å². The van der Waals surface area contributed by atoms with Gasteiger partial charge in [-0.1, -0.05) is 43.7 Å². The highest BCUT2D eigenvalue weighted by Gasteiger charge is 2.32. The van der Waals surface area contributed by atoms with Gasteiger partial charge in [0.1, 0.15) is 18.3 Å². The summed E-state index contributed by atoms with van der Waals surface area (Å²) in [6.07, 6.45) is 1.74. The van der Waals surface area contributed by atoms with Crippen LogP contribution in [0.2, 0.25) is 0 Å². The van der Waals surface area contributed by atoms with Crippen molar-refractivity contribution in [1.82, 2.24) is 10.2 Å². The standard InChI is InChI=1S/C29H34IN3O5S/c1-4-5-18-31-29(35)22(2)32(20-23-10-9-11-26(19-23)38-3)28(34)21-33(25-16-14-24(30)15-17-25)39(36,37)27-12-7-6-8-13-27/h6-17,19,22H,4-5,18,20-21H2,1-3H3,(H,31,35)/t22-/m0/s1. The van der Waals surface area contributed by atoms with Crippen LogP contribution in [0.1, 0.15) is 32.3 Å². The molecule has 0 saturated heterocycles. The molecule has 8 nitrogen and oxygen atoms in total. The number of carbonyl (C=O) groups excluding carboxylic acids is 2. The van der Waals surface area contributed by atoms with Crippen LogP contribution in [0.5, 0.6) is 5.75 Å². The van der Waals surface area contributed by atoms with Gasteiger partial charge in [-0.3, -0.25) is 13.9 Å². The van der Waals surface area contributed by atoms with Crippen LogP contribution in [0.4, 0.5) is 5.69 Å². The number of carbonyl (C=O) groups is 2. The Balaban J connectivity index is 1.99. The highest BCUT2D eigenvalue weighted by molar-refractivity contribution is 14.1. The maximum absolute atomic E-state index is 13.9. The number of methoxy groups -OCH3 is 1. The molecule has 1 atom stereocenters. The van der Waals surface area contributed by atoms with E-state index >= 15 is 0 Å². The predicted octanol–water partition coefficient (Wildman–Crippen LogP) is 4.83. The van der Waals surface area contributed by atoms with Crippen LogP contribution in [0.15, 0.2) is 83.8 Å². The van der Waals surface area contributed by atoms with Gasteiger partial charge < -0.3 is 15.0 Å². The summed E-state index contributed by atoms with van der Waals surface area (Å²) in [5.74, 6) is -0.187. The zero-order chi connectivity index (χ0) is 28.4. The number of rotatable bonds is 13. The number of hydrogen-bond acceptors (Lipinski definition) is 5. The van der Waals surface area contributed by atoms with Crippen molar-refractivity contribution < 1.29 is 22.7 Å². The molecule has 39 heavy (non-hydrogen) atoms. The quantitative estimate of drug-likeness (QED) is 0.209. The molecule has 3 rings (SSSR count). The Bertz CT molecular complexity index is 1350. The molecule has 0 aliphatic carbocycles. The van der Waals surface area contributed by atoms with E-state index in [0.717, 1.165) is 26.3 Å². The van der Waals surface area contributed by atoms with Crippen molar-refractivity contribution in [2.45, 2.75) is 44.2 Å². The van der Waals surface area contributed by atoms with Gasteiger partial charge in [-0.05, 0) is 90.0 Å². The van der Waals surface area contributed by atoms with Gasteiger partial charge in [0.25, 0.3) is 10.0 Å². The van der Waals surface area contributed by atoms with Gasteiger partial charge in [0.05, 0.1) is 17.7 Å². The Kier molecular flexibility index (Phi) is 11.2. The van der Waals surface area contributed by atoms with Crippen LogP contribution in [0.25, 0.3) is 0 Å². The molecule has 0 aliphatic rings.